The van der Waals surface area contributed by atoms with Crippen molar-refractivity contribution in [2.75, 3.05) is 13.1 Å². The van der Waals surface area contributed by atoms with Crippen LogP contribution in [0.1, 0.15) is 38.9 Å². The number of amides is 1. The molecule has 0 saturated carbocycles. The number of likely N-dealkylation sites (tertiary alicyclic amines) is 1. The van der Waals surface area contributed by atoms with E-state index >= 15 is 0 Å². The molecule has 3 rings (SSSR count). The van der Waals surface area contributed by atoms with Gasteiger partial charge in [0.05, 0.1) is 5.41 Å². The maximum Gasteiger partial charge on any atom is 0.311 e. The molecule has 1 amide bonds. The van der Waals surface area contributed by atoms with Crippen molar-refractivity contribution in [2.45, 2.75) is 39.5 Å². The highest BCUT2D eigenvalue weighted by Crippen LogP contribution is 2.35. The summed E-state index contributed by atoms with van der Waals surface area (Å²) in [6.07, 6.45) is 1.57. The Labute approximate surface area is 163 Å². The van der Waals surface area contributed by atoms with Gasteiger partial charge in [-0.15, -0.1) is 0 Å². The molecular weight excluding hydrogens is 363 g/mol. The molecular formula is C21H25FN2O4. The van der Waals surface area contributed by atoms with Crippen LogP contribution in [0.3, 0.4) is 0 Å². The minimum Gasteiger partial charge on any atom is -0.481 e. The fraction of sp³-hybridized carbons (Fsp3) is 0.476. The standard InChI is InChI=1S/C21H25FN2O4/c1-14(2)10-19(25)24-9-5-8-21(13-24,20(26)27)12-15-11-18(23-28-15)16-6-3-4-7-17(16)22/h3-4,6-7,11,14H,5,8-10,12-13H2,1-2H3,(H,26,27). The summed E-state index contributed by atoms with van der Waals surface area (Å²) in [4.78, 5) is 26.2. The second kappa shape index (κ2) is 8.12. The molecule has 1 aromatic heterocycles. The van der Waals surface area contributed by atoms with Crippen molar-refractivity contribution < 1.29 is 23.6 Å². The van der Waals surface area contributed by atoms with E-state index in [1.54, 1.807) is 29.2 Å². The summed E-state index contributed by atoms with van der Waals surface area (Å²) in [5.41, 5.74) is -0.492. The van der Waals surface area contributed by atoms with E-state index in [0.29, 0.717) is 42.8 Å². The maximum absolute atomic E-state index is 14.0. The Morgan fingerprint density at radius 1 is 1.36 bits per heavy atom. The van der Waals surface area contributed by atoms with E-state index in [0.717, 1.165) is 0 Å². The number of benzene rings is 1. The highest BCUT2D eigenvalue weighted by Gasteiger charge is 2.44. The third kappa shape index (κ3) is 4.24. The topological polar surface area (TPSA) is 83.6 Å². The molecule has 1 aliphatic heterocycles. The zero-order valence-corrected chi connectivity index (χ0v) is 16.2. The number of hydrogen-bond acceptors (Lipinski definition) is 4. The van der Waals surface area contributed by atoms with Gasteiger partial charge in [0.15, 0.2) is 0 Å². The van der Waals surface area contributed by atoms with Crippen LogP contribution in [0.5, 0.6) is 0 Å². The molecule has 150 valence electrons. The molecule has 1 N–H and O–H groups in total. The molecule has 0 bridgehead atoms. The Morgan fingerprint density at radius 2 is 2.11 bits per heavy atom. The zero-order chi connectivity index (χ0) is 20.3. The van der Waals surface area contributed by atoms with Gasteiger partial charge in [0, 0.05) is 37.6 Å². The first kappa shape index (κ1) is 20.0. The highest BCUT2D eigenvalue weighted by molar-refractivity contribution is 5.80. The summed E-state index contributed by atoms with van der Waals surface area (Å²) in [5, 5.41) is 13.8. The average molecular weight is 388 g/mol. The minimum absolute atomic E-state index is 0.0232. The van der Waals surface area contributed by atoms with Crippen molar-refractivity contribution in [1.82, 2.24) is 10.1 Å². The Balaban J connectivity index is 1.81. The quantitative estimate of drug-likeness (QED) is 0.815. The zero-order valence-electron chi connectivity index (χ0n) is 16.2. The molecule has 2 heterocycles. The molecule has 0 radical (unpaired) electrons. The first-order valence-electron chi connectivity index (χ1n) is 9.52. The summed E-state index contributed by atoms with van der Waals surface area (Å²) in [5.74, 6) is -0.813. The molecule has 0 aliphatic carbocycles. The number of carboxylic acids is 1. The maximum atomic E-state index is 14.0. The lowest BCUT2D eigenvalue weighted by atomic mass is 9.76. The van der Waals surface area contributed by atoms with Gasteiger partial charge in [0.2, 0.25) is 5.91 Å². The lowest BCUT2D eigenvalue weighted by Gasteiger charge is -2.39. The highest BCUT2D eigenvalue weighted by atomic mass is 19.1. The first-order valence-corrected chi connectivity index (χ1v) is 9.52. The van der Waals surface area contributed by atoms with E-state index in [1.165, 1.54) is 6.07 Å². The van der Waals surface area contributed by atoms with E-state index in [9.17, 15) is 19.1 Å². The number of aliphatic carboxylic acids is 1. The predicted octanol–water partition coefficient (Wildman–Crippen LogP) is 3.76. The SMILES string of the molecule is CC(C)CC(=O)N1CCCC(Cc2cc(-c3ccccc3F)no2)(C(=O)O)C1. The van der Waals surface area contributed by atoms with Crippen molar-refractivity contribution in [1.29, 1.82) is 0 Å². The smallest absolute Gasteiger partial charge is 0.311 e. The molecule has 1 aliphatic rings. The van der Waals surface area contributed by atoms with Gasteiger partial charge in [-0.1, -0.05) is 31.1 Å². The first-order chi connectivity index (χ1) is 13.3. The number of carbonyl (C=O) groups is 2. The molecule has 0 spiro atoms. The Kier molecular flexibility index (Phi) is 5.82. The number of piperidine rings is 1. The second-order valence-corrected chi connectivity index (χ2v) is 7.94. The molecule has 1 atom stereocenters. The summed E-state index contributed by atoms with van der Waals surface area (Å²) >= 11 is 0. The van der Waals surface area contributed by atoms with Crippen molar-refractivity contribution in [2.24, 2.45) is 11.3 Å². The van der Waals surface area contributed by atoms with Crippen LogP contribution in [-0.2, 0) is 16.0 Å². The van der Waals surface area contributed by atoms with Crippen molar-refractivity contribution in [3.63, 3.8) is 0 Å². The molecule has 1 unspecified atom stereocenters. The molecule has 7 heteroatoms. The lowest BCUT2D eigenvalue weighted by Crippen LogP contribution is -2.51. The van der Waals surface area contributed by atoms with E-state index in [-0.39, 0.29) is 24.8 Å². The average Bonchev–Trinajstić information content (AvgIpc) is 3.09. The molecule has 1 fully saturated rings. The Hall–Kier alpha value is -2.70. The van der Waals surface area contributed by atoms with Gasteiger partial charge in [-0.05, 0) is 30.9 Å². The molecule has 28 heavy (non-hydrogen) atoms. The van der Waals surface area contributed by atoms with Crippen LogP contribution < -0.4 is 0 Å². The normalized spacial score (nSPS) is 19.8. The van der Waals surface area contributed by atoms with Crippen LogP contribution in [0.25, 0.3) is 11.3 Å². The van der Waals surface area contributed by atoms with Crippen LogP contribution in [0, 0.1) is 17.2 Å². The number of rotatable bonds is 6. The van der Waals surface area contributed by atoms with E-state index in [1.807, 2.05) is 13.8 Å². The Bertz CT molecular complexity index is 864. The molecule has 2 aromatic rings. The summed E-state index contributed by atoms with van der Waals surface area (Å²) < 4.78 is 19.3. The van der Waals surface area contributed by atoms with Crippen LogP contribution in [-0.4, -0.2) is 40.1 Å². The van der Waals surface area contributed by atoms with Crippen LogP contribution in [0.15, 0.2) is 34.9 Å². The number of nitrogens with zero attached hydrogens (tertiary/aromatic N) is 2. The second-order valence-electron chi connectivity index (χ2n) is 7.94. The summed E-state index contributed by atoms with van der Waals surface area (Å²) in [7, 11) is 0. The van der Waals surface area contributed by atoms with Crippen molar-refractivity contribution >= 4 is 11.9 Å². The van der Waals surface area contributed by atoms with Gasteiger partial charge < -0.3 is 14.5 Å². The minimum atomic E-state index is -1.13. The van der Waals surface area contributed by atoms with Gasteiger partial charge in [-0.2, -0.15) is 0 Å². The van der Waals surface area contributed by atoms with Gasteiger partial charge in [0.25, 0.3) is 0 Å². The van der Waals surface area contributed by atoms with E-state index < -0.39 is 17.2 Å². The predicted molar refractivity (Wildman–Crippen MR) is 101 cm³/mol. The largest absolute Gasteiger partial charge is 0.481 e. The molecule has 1 saturated heterocycles. The van der Waals surface area contributed by atoms with Gasteiger partial charge in [-0.3, -0.25) is 9.59 Å². The fourth-order valence-corrected chi connectivity index (χ4v) is 3.74. The fourth-order valence-electron chi connectivity index (χ4n) is 3.74. The number of hydrogen-bond donors (Lipinski definition) is 1. The number of halogens is 1. The van der Waals surface area contributed by atoms with Crippen LogP contribution in [0.4, 0.5) is 4.39 Å². The number of carbonyl (C=O) groups excluding carboxylic acids is 1. The van der Waals surface area contributed by atoms with Gasteiger partial charge in [-0.25, -0.2) is 4.39 Å². The summed E-state index contributed by atoms with van der Waals surface area (Å²) in [6.45, 7) is 4.64. The van der Waals surface area contributed by atoms with E-state index in [2.05, 4.69) is 5.16 Å². The molecule has 1 aromatic carbocycles. The van der Waals surface area contributed by atoms with Crippen LogP contribution in [0.2, 0.25) is 0 Å². The van der Waals surface area contributed by atoms with Crippen LogP contribution >= 0.6 is 0 Å². The van der Waals surface area contributed by atoms with Crippen molar-refractivity contribution in [3.05, 3.63) is 41.9 Å². The van der Waals surface area contributed by atoms with E-state index in [4.69, 9.17) is 4.52 Å². The van der Waals surface area contributed by atoms with Gasteiger partial charge in [0.1, 0.15) is 17.3 Å². The molecule has 6 nitrogen and oxygen atoms in total. The van der Waals surface area contributed by atoms with Gasteiger partial charge >= 0.3 is 5.97 Å². The summed E-state index contributed by atoms with van der Waals surface area (Å²) in [6, 6.07) is 7.80. The monoisotopic (exact) mass is 388 g/mol. The lowest BCUT2D eigenvalue weighted by molar-refractivity contribution is -0.155. The van der Waals surface area contributed by atoms with Crippen molar-refractivity contribution in [3.8, 4) is 11.3 Å². The third-order valence-corrected chi connectivity index (χ3v) is 5.19. The number of carboxylic acid groups (broad SMARTS) is 1. The number of aromatic nitrogens is 1. The Morgan fingerprint density at radius 3 is 2.79 bits per heavy atom. The third-order valence-electron chi connectivity index (χ3n) is 5.19.